The third-order valence-electron chi connectivity index (χ3n) is 3.06. The predicted octanol–water partition coefficient (Wildman–Crippen LogP) is 3.88. The first-order valence-corrected chi connectivity index (χ1v) is 7.33. The van der Waals surface area contributed by atoms with Crippen molar-refractivity contribution in [2.75, 3.05) is 20.7 Å². The lowest BCUT2D eigenvalue weighted by atomic mass is 9.91. The number of ether oxygens (including phenoxy) is 1. The van der Waals surface area contributed by atoms with Crippen LogP contribution in [0.15, 0.2) is 22.7 Å². The van der Waals surface area contributed by atoms with Crippen molar-refractivity contribution >= 4 is 15.9 Å². The Morgan fingerprint density at radius 2 is 2.06 bits per heavy atom. The standard InChI is InChI=1S/C15H24BrNO/c1-11(2)7-12(10-17-3)8-13-9-14(18-4)5-6-15(13)16/h5-6,9,11-12,17H,7-8,10H2,1-4H3. The lowest BCUT2D eigenvalue weighted by molar-refractivity contribution is 0.392. The highest BCUT2D eigenvalue weighted by Gasteiger charge is 2.13. The van der Waals surface area contributed by atoms with Gasteiger partial charge in [0.2, 0.25) is 0 Å². The summed E-state index contributed by atoms with van der Waals surface area (Å²) in [5.41, 5.74) is 1.33. The van der Waals surface area contributed by atoms with Gasteiger partial charge in [-0.3, -0.25) is 0 Å². The fraction of sp³-hybridized carbons (Fsp3) is 0.600. The lowest BCUT2D eigenvalue weighted by Gasteiger charge is -2.19. The summed E-state index contributed by atoms with van der Waals surface area (Å²) < 4.78 is 6.47. The molecule has 1 aromatic carbocycles. The Bertz CT molecular complexity index is 366. The van der Waals surface area contributed by atoms with Crippen molar-refractivity contribution < 1.29 is 4.74 Å². The van der Waals surface area contributed by atoms with Gasteiger partial charge >= 0.3 is 0 Å². The summed E-state index contributed by atoms with van der Waals surface area (Å²) in [7, 11) is 3.74. The molecule has 0 spiro atoms. The van der Waals surface area contributed by atoms with E-state index in [9.17, 15) is 0 Å². The monoisotopic (exact) mass is 313 g/mol. The number of methoxy groups -OCH3 is 1. The van der Waals surface area contributed by atoms with Crippen LogP contribution in [0.5, 0.6) is 5.75 Å². The van der Waals surface area contributed by atoms with E-state index in [1.165, 1.54) is 16.5 Å². The van der Waals surface area contributed by atoms with Gasteiger partial charge in [0.25, 0.3) is 0 Å². The Kier molecular flexibility index (Phi) is 6.72. The maximum atomic E-state index is 5.30. The average molecular weight is 314 g/mol. The van der Waals surface area contributed by atoms with Gasteiger partial charge in [0.05, 0.1) is 7.11 Å². The van der Waals surface area contributed by atoms with E-state index in [-0.39, 0.29) is 0 Å². The Labute approximate surface area is 119 Å². The molecule has 0 aliphatic heterocycles. The highest BCUT2D eigenvalue weighted by Crippen LogP contribution is 2.26. The van der Waals surface area contributed by atoms with E-state index in [2.05, 4.69) is 47.2 Å². The molecule has 0 saturated carbocycles. The molecule has 3 heteroatoms. The van der Waals surface area contributed by atoms with E-state index in [1.54, 1.807) is 7.11 Å². The largest absolute Gasteiger partial charge is 0.497 e. The molecule has 0 saturated heterocycles. The van der Waals surface area contributed by atoms with Crippen LogP contribution in [0.4, 0.5) is 0 Å². The Morgan fingerprint density at radius 3 is 2.61 bits per heavy atom. The maximum absolute atomic E-state index is 5.30. The summed E-state index contributed by atoms with van der Waals surface area (Å²) in [5, 5.41) is 3.29. The number of halogens is 1. The zero-order chi connectivity index (χ0) is 13.5. The highest BCUT2D eigenvalue weighted by atomic mass is 79.9. The molecule has 1 atom stereocenters. The van der Waals surface area contributed by atoms with Gasteiger partial charge in [0.15, 0.2) is 0 Å². The second-order valence-corrected chi connectivity index (χ2v) is 6.07. The van der Waals surface area contributed by atoms with Crippen molar-refractivity contribution in [2.45, 2.75) is 26.7 Å². The summed E-state index contributed by atoms with van der Waals surface area (Å²) in [4.78, 5) is 0. The number of rotatable bonds is 7. The van der Waals surface area contributed by atoms with Gasteiger partial charge < -0.3 is 10.1 Å². The van der Waals surface area contributed by atoms with Crippen molar-refractivity contribution in [3.63, 3.8) is 0 Å². The quantitative estimate of drug-likeness (QED) is 0.824. The topological polar surface area (TPSA) is 21.3 Å². The summed E-state index contributed by atoms with van der Waals surface area (Å²) in [5.74, 6) is 2.33. The molecule has 1 rings (SSSR count). The van der Waals surface area contributed by atoms with Gasteiger partial charge in [0, 0.05) is 4.47 Å². The molecule has 0 amide bonds. The van der Waals surface area contributed by atoms with Gasteiger partial charge in [-0.25, -0.2) is 0 Å². The second kappa shape index (κ2) is 7.80. The molecule has 1 unspecified atom stereocenters. The molecule has 0 aliphatic carbocycles. The molecule has 0 radical (unpaired) electrons. The van der Waals surface area contributed by atoms with Gasteiger partial charge in [-0.05, 0) is 62.0 Å². The third-order valence-corrected chi connectivity index (χ3v) is 3.83. The molecule has 0 aromatic heterocycles. The molecular formula is C15H24BrNO. The summed E-state index contributed by atoms with van der Waals surface area (Å²) in [6.45, 7) is 5.62. The number of hydrogen-bond acceptors (Lipinski definition) is 2. The number of hydrogen-bond donors (Lipinski definition) is 1. The van der Waals surface area contributed by atoms with Crippen LogP contribution >= 0.6 is 15.9 Å². The van der Waals surface area contributed by atoms with Crippen LogP contribution in [0.25, 0.3) is 0 Å². The van der Waals surface area contributed by atoms with Crippen molar-refractivity contribution in [1.29, 1.82) is 0 Å². The van der Waals surface area contributed by atoms with Gasteiger partial charge in [-0.15, -0.1) is 0 Å². The Morgan fingerprint density at radius 1 is 1.33 bits per heavy atom. The van der Waals surface area contributed by atoms with E-state index < -0.39 is 0 Å². The molecule has 0 aliphatic rings. The van der Waals surface area contributed by atoms with Gasteiger partial charge in [0.1, 0.15) is 5.75 Å². The lowest BCUT2D eigenvalue weighted by Crippen LogP contribution is -2.22. The maximum Gasteiger partial charge on any atom is 0.119 e. The summed E-state index contributed by atoms with van der Waals surface area (Å²) in [6, 6.07) is 6.19. The minimum absolute atomic E-state index is 0.665. The Hall–Kier alpha value is -0.540. The molecule has 0 bridgehead atoms. The zero-order valence-electron chi connectivity index (χ0n) is 11.8. The summed E-state index contributed by atoms with van der Waals surface area (Å²) in [6.07, 6.45) is 2.32. The van der Waals surface area contributed by atoms with Crippen molar-refractivity contribution in [1.82, 2.24) is 5.32 Å². The van der Waals surface area contributed by atoms with Crippen LogP contribution in [0, 0.1) is 11.8 Å². The predicted molar refractivity (Wildman–Crippen MR) is 81.3 cm³/mol. The zero-order valence-corrected chi connectivity index (χ0v) is 13.4. The van der Waals surface area contributed by atoms with Crippen molar-refractivity contribution in [3.8, 4) is 5.75 Å². The van der Waals surface area contributed by atoms with Gasteiger partial charge in [-0.2, -0.15) is 0 Å². The van der Waals surface area contributed by atoms with E-state index in [4.69, 9.17) is 4.74 Å². The third kappa shape index (κ3) is 4.99. The normalized spacial score (nSPS) is 12.8. The van der Waals surface area contributed by atoms with E-state index in [0.29, 0.717) is 5.92 Å². The van der Waals surface area contributed by atoms with Crippen LogP contribution < -0.4 is 10.1 Å². The summed E-state index contributed by atoms with van der Waals surface area (Å²) >= 11 is 3.63. The molecule has 1 N–H and O–H groups in total. The highest BCUT2D eigenvalue weighted by molar-refractivity contribution is 9.10. The van der Waals surface area contributed by atoms with Crippen molar-refractivity contribution in [3.05, 3.63) is 28.2 Å². The molecule has 2 nitrogen and oxygen atoms in total. The van der Waals surface area contributed by atoms with E-state index >= 15 is 0 Å². The first-order chi connectivity index (χ1) is 8.56. The van der Waals surface area contributed by atoms with Crippen LogP contribution in [-0.4, -0.2) is 20.7 Å². The fourth-order valence-electron chi connectivity index (χ4n) is 2.34. The minimum Gasteiger partial charge on any atom is -0.497 e. The van der Waals surface area contributed by atoms with Crippen LogP contribution in [0.1, 0.15) is 25.8 Å². The smallest absolute Gasteiger partial charge is 0.119 e. The molecule has 0 fully saturated rings. The van der Waals surface area contributed by atoms with Crippen LogP contribution in [0.3, 0.4) is 0 Å². The molecular weight excluding hydrogens is 290 g/mol. The molecule has 1 aromatic rings. The fourth-order valence-corrected chi connectivity index (χ4v) is 2.75. The van der Waals surface area contributed by atoms with E-state index in [0.717, 1.165) is 24.6 Å². The van der Waals surface area contributed by atoms with E-state index in [1.807, 2.05) is 13.1 Å². The molecule has 0 heterocycles. The first kappa shape index (κ1) is 15.5. The molecule has 102 valence electrons. The second-order valence-electron chi connectivity index (χ2n) is 5.21. The Balaban J connectivity index is 2.78. The van der Waals surface area contributed by atoms with Crippen LogP contribution in [-0.2, 0) is 6.42 Å². The first-order valence-electron chi connectivity index (χ1n) is 6.53. The SMILES string of the molecule is CNCC(Cc1cc(OC)ccc1Br)CC(C)C. The van der Waals surface area contributed by atoms with Gasteiger partial charge in [-0.1, -0.05) is 29.8 Å². The number of nitrogens with one attached hydrogen (secondary N) is 1. The van der Waals surface area contributed by atoms with Crippen LogP contribution in [0.2, 0.25) is 0 Å². The molecule has 18 heavy (non-hydrogen) atoms. The number of benzene rings is 1. The minimum atomic E-state index is 0.665. The average Bonchev–Trinajstić information content (AvgIpc) is 2.31. The van der Waals surface area contributed by atoms with Crippen molar-refractivity contribution in [2.24, 2.45) is 11.8 Å².